The molecule has 9 heteroatoms. The summed E-state index contributed by atoms with van der Waals surface area (Å²) in [6, 6.07) is 7.86. The van der Waals surface area contributed by atoms with Crippen LogP contribution in [0.1, 0.15) is 19.8 Å². The van der Waals surface area contributed by atoms with Gasteiger partial charge in [0.25, 0.3) is 5.91 Å². The molecule has 0 spiro atoms. The van der Waals surface area contributed by atoms with Crippen LogP contribution in [0.25, 0.3) is 10.2 Å². The van der Waals surface area contributed by atoms with Crippen molar-refractivity contribution in [2.24, 2.45) is 0 Å². The molecule has 0 bridgehead atoms. The van der Waals surface area contributed by atoms with E-state index in [-0.39, 0.29) is 25.5 Å². The number of aromatic nitrogens is 1. The molecule has 0 radical (unpaired) electrons. The highest BCUT2D eigenvalue weighted by Gasteiger charge is 2.10. The maximum atomic E-state index is 11.7. The smallest absolute Gasteiger partial charge is 0.307 e. The summed E-state index contributed by atoms with van der Waals surface area (Å²) in [6.07, 6.45) is 1.01. The lowest BCUT2D eigenvalue weighted by molar-refractivity contribution is -0.148. The van der Waals surface area contributed by atoms with Gasteiger partial charge in [0, 0.05) is 12.3 Å². The molecule has 2 rings (SSSR count). The predicted octanol–water partition coefficient (Wildman–Crippen LogP) is 1.96. The summed E-state index contributed by atoms with van der Waals surface area (Å²) in [6.45, 7) is 2.00. The Kier molecular flexibility index (Phi) is 8.36. The van der Waals surface area contributed by atoms with Crippen LogP contribution in [0.15, 0.2) is 28.6 Å². The number of amides is 2. The molecule has 2 N–H and O–H groups in total. The van der Waals surface area contributed by atoms with Crippen molar-refractivity contribution in [1.29, 1.82) is 0 Å². The summed E-state index contributed by atoms with van der Waals surface area (Å²) in [5.74, 6) is -0.688. The van der Waals surface area contributed by atoms with Gasteiger partial charge in [0.15, 0.2) is 10.9 Å². The van der Waals surface area contributed by atoms with Gasteiger partial charge in [0.1, 0.15) is 0 Å². The van der Waals surface area contributed by atoms with Crippen molar-refractivity contribution in [2.45, 2.75) is 24.1 Å². The zero-order valence-electron chi connectivity index (χ0n) is 14.4. The summed E-state index contributed by atoms with van der Waals surface area (Å²) < 4.78 is 6.91. The van der Waals surface area contributed by atoms with Crippen molar-refractivity contribution in [3.63, 3.8) is 0 Å². The number of thioether (sulfide) groups is 1. The molecular weight excluding hydrogens is 374 g/mol. The Hall–Kier alpha value is -2.13. The van der Waals surface area contributed by atoms with Gasteiger partial charge < -0.3 is 15.4 Å². The van der Waals surface area contributed by atoms with E-state index in [9.17, 15) is 14.4 Å². The molecule has 7 nitrogen and oxygen atoms in total. The molecule has 0 unspecified atom stereocenters. The minimum Gasteiger partial charge on any atom is -0.456 e. The molecule has 1 heterocycles. The summed E-state index contributed by atoms with van der Waals surface area (Å²) in [5.41, 5.74) is 0.947. The SMILES string of the molecule is CCCNC(=O)CNC(=O)COC(=O)CCSc1nc2ccccc2s1. The van der Waals surface area contributed by atoms with E-state index >= 15 is 0 Å². The Morgan fingerprint density at radius 1 is 1.19 bits per heavy atom. The first kappa shape index (κ1) is 20.2. The maximum absolute atomic E-state index is 11.7. The zero-order chi connectivity index (χ0) is 18.8. The summed E-state index contributed by atoms with van der Waals surface area (Å²) in [5, 5.41) is 5.04. The molecule has 0 atom stereocenters. The Morgan fingerprint density at radius 2 is 2.00 bits per heavy atom. The Morgan fingerprint density at radius 3 is 2.77 bits per heavy atom. The van der Waals surface area contributed by atoms with E-state index in [1.807, 2.05) is 31.2 Å². The second-order valence-corrected chi connectivity index (χ2v) is 7.71. The number of carbonyl (C=O) groups excluding carboxylic acids is 3. The quantitative estimate of drug-likeness (QED) is 0.471. The largest absolute Gasteiger partial charge is 0.456 e. The molecule has 1 aromatic carbocycles. The number of rotatable bonds is 10. The van der Waals surface area contributed by atoms with Crippen LogP contribution >= 0.6 is 23.1 Å². The fourth-order valence-electron chi connectivity index (χ4n) is 1.91. The lowest BCUT2D eigenvalue weighted by atomic mass is 10.3. The standard InChI is InChI=1S/C17H21N3O4S2/c1-2-8-18-14(21)10-19-15(22)11-24-16(23)7-9-25-17-20-12-5-3-4-6-13(12)26-17/h3-6H,2,7-11H2,1H3,(H,18,21)(H,19,22). The number of esters is 1. The zero-order valence-corrected chi connectivity index (χ0v) is 16.1. The van der Waals surface area contributed by atoms with Crippen molar-refractivity contribution < 1.29 is 19.1 Å². The molecule has 140 valence electrons. The first-order valence-corrected chi connectivity index (χ1v) is 10.1. The first-order chi connectivity index (χ1) is 12.6. The van der Waals surface area contributed by atoms with Gasteiger partial charge in [-0.05, 0) is 18.6 Å². The van der Waals surface area contributed by atoms with E-state index in [0.29, 0.717) is 12.3 Å². The number of fused-ring (bicyclic) bond motifs is 1. The third kappa shape index (κ3) is 7.01. The number of thiazole rings is 1. The second kappa shape index (κ2) is 10.8. The highest BCUT2D eigenvalue weighted by Crippen LogP contribution is 2.29. The monoisotopic (exact) mass is 395 g/mol. The Labute approximate surface area is 159 Å². The third-order valence-corrected chi connectivity index (χ3v) is 5.37. The van der Waals surface area contributed by atoms with Gasteiger partial charge in [0.05, 0.1) is 23.2 Å². The van der Waals surface area contributed by atoms with Gasteiger partial charge in [-0.2, -0.15) is 0 Å². The van der Waals surface area contributed by atoms with Crippen LogP contribution in [0.4, 0.5) is 0 Å². The number of hydrogen-bond acceptors (Lipinski definition) is 7. The van der Waals surface area contributed by atoms with E-state index in [0.717, 1.165) is 21.0 Å². The number of hydrogen-bond donors (Lipinski definition) is 2. The van der Waals surface area contributed by atoms with Crippen LogP contribution < -0.4 is 10.6 Å². The minimum atomic E-state index is -0.496. The summed E-state index contributed by atoms with van der Waals surface area (Å²) in [4.78, 5) is 39.0. The summed E-state index contributed by atoms with van der Waals surface area (Å²) >= 11 is 3.06. The fourth-order valence-corrected chi connectivity index (χ4v) is 3.97. The number of nitrogens with zero attached hydrogens (tertiary/aromatic N) is 1. The average molecular weight is 396 g/mol. The van der Waals surface area contributed by atoms with Crippen molar-refractivity contribution >= 4 is 51.1 Å². The third-order valence-electron chi connectivity index (χ3n) is 3.19. The normalized spacial score (nSPS) is 10.5. The molecule has 0 aliphatic heterocycles. The minimum absolute atomic E-state index is 0.121. The second-order valence-electron chi connectivity index (χ2n) is 5.33. The lowest BCUT2D eigenvalue weighted by Crippen LogP contribution is -2.38. The number of para-hydroxylation sites is 1. The molecule has 2 aromatic rings. The van der Waals surface area contributed by atoms with Crippen LogP contribution in [0, 0.1) is 0 Å². The van der Waals surface area contributed by atoms with E-state index in [4.69, 9.17) is 4.74 Å². The molecule has 0 aliphatic rings. The average Bonchev–Trinajstić information content (AvgIpc) is 3.05. The predicted molar refractivity (Wildman–Crippen MR) is 102 cm³/mol. The van der Waals surface area contributed by atoms with Gasteiger partial charge in [-0.25, -0.2) is 4.98 Å². The van der Waals surface area contributed by atoms with Crippen molar-refractivity contribution in [1.82, 2.24) is 15.6 Å². The van der Waals surface area contributed by atoms with E-state index in [1.165, 1.54) is 11.8 Å². The van der Waals surface area contributed by atoms with Crippen LogP contribution in [0.5, 0.6) is 0 Å². The Bertz CT molecular complexity index is 730. The number of benzene rings is 1. The van der Waals surface area contributed by atoms with E-state index in [1.54, 1.807) is 11.3 Å². The van der Waals surface area contributed by atoms with E-state index in [2.05, 4.69) is 15.6 Å². The fraction of sp³-hybridized carbons (Fsp3) is 0.412. The number of ether oxygens (including phenoxy) is 1. The molecule has 26 heavy (non-hydrogen) atoms. The topological polar surface area (TPSA) is 97.4 Å². The van der Waals surface area contributed by atoms with Gasteiger partial charge in [-0.1, -0.05) is 30.8 Å². The lowest BCUT2D eigenvalue weighted by Gasteiger charge is -2.07. The van der Waals surface area contributed by atoms with Crippen molar-refractivity contribution in [3.8, 4) is 0 Å². The molecule has 0 aliphatic carbocycles. The van der Waals surface area contributed by atoms with Crippen molar-refractivity contribution in [3.05, 3.63) is 24.3 Å². The number of nitrogens with one attached hydrogen (secondary N) is 2. The molecular formula is C17H21N3O4S2. The highest BCUT2D eigenvalue weighted by atomic mass is 32.2. The van der Waals surface area contributed by atoms with Gasteiger partial charge in [0.2, 0.25) is 5.91 Å². The van der Waals surface area contributed by atoms with Crippen molar-refractivity contribution in [2.75, 3.05) is 25.4 Å². The van der Waals surface area contributed by atoms with Crippen LogP contribution in [0.2, 0.25) is 0 Å². The van der Waals surface area contributed by atoms with E-state index < -0.39 is 11.9 Å². The van der Waals surface area contributed by atoms with Gasteiger partial charge in [-0.15, -0.1) is 11.3 Å². The molecule has 1 aromatic heterocycles. The van der Waals surface area contributed by atoms with Crippen LogP contribution in [-0.2, 0) is 19.1 Å². The molecule has 2 amide bonds. The number of carbonyl (C=O) groups is 3. The van der Waals surface area contributed by atoms with Gasteiger partial charge >= 0.3 is 5.97 Å². The van der Waals surface area contributed by atoms with Gasteiger partial charge in [-0.3, -0.25) is 14.4 Å². The first-order valence-electron chi connectivity index (χ1n) is 8.26. The highest BCUT2D eigenvalue weighted by molar-refractivity contribution is 8.01. The molecule has 0 saturated heterocycles. The van der Waals surface area contributed by atoms with Crippen LogP contribution in [0.3, 0.4) is 0 Å². The summed E-state index contributed by atoms with van der Waals surface area (Å²) in [7, 11) is 0. The Balaban J connectivity index is 1.59. The molecule has 0 saturated carbocycles. The molecule has 0 fully saturated rings. The maximum Gasteiger partial charge on any atom is 0.307 e. The van der Waals surface area contributed by atoms with Crippen LogP contribution in [-0.4, -0.2) is 48.2 Å².